The summed E-state index contributed by atoms with van der Waals surface area (Å²) in [6, 6.07) is 2.05. The lowest BCUT2D eigenvalue weighted by atomic mass is 9.79. The van der Waals surface area contributed by atoms with Crippen LogP contribution >= 0.6 is 0 Å². The molecule has 2 aliphatic heterocycles. The Hall–Kier alpha value is -3.16. The molecule has 1 amide bonds. The summed E-state index contributed by atoms with van der Waals surface area (Å²) >= 11 is 0. The number of hydrogen-bond acceptors (Lipinski definition) is 6. The number of aromatic nitrogens is 2. The average Bonchev–Trinajstić information content (AvgIpc) is 3.21. The molecule has 33 heavy (non-hydrogen) atoms. The maximum absolute atomic E-state index is 13.2. The molecule has 0 saturated carbocycles. The van der Waals surface area contributed by atoms with E-state index in [2.05, 4.69) is 14.9 Å². The molecule has 1 unspecified atom stereocenters. The smallest absolute Gasteiger partial charge is 0.410 e. The minimum atomic E-state index is -0.511. The van der Waals surface area contributed by atoms with Gasteiger partial charge in [0.25, 0.3) is 0 Å². The van der Waals surface area contributed by atoms with Crippen LogP contribution in [-0.2, 0) is 4.74 Å². The van der Waals surface area contributed by atoms with E-state index in [1.807, 2.05) is 44.1 Å². The molecule has 5 N–H and O–H groups in total. The third-order valence-electron chi connectivity index (χ3n) is 6.61. The summed E-state index contributed by atoms with van der Waals surface area (Å²) in [6.07, 6.45) is 13.6. The first-order valence-corrected chi connectivity index (χ1v) is 11.8. The minimum Gasteiger partial charge on any atom is -0.444 e. The molecule has 0 radical (unpaired) electrons. The lowest BCUT2D eigenvalue weighted by Crippen LogP contribution is -2.63. The van der Waals surface area contributed by atoms with E-state index < -0.39 is 5.60 Å². The van der Waals surface area contributed by atoms with Gasteiger partial charge in [0.2, 0.25) is 0 Å². The maximum atomic E-state index is 13.2. The van der Waals surface area contributed by atoms with Crippen molar-refractivity contribution in [1.82, 2.24) is 14.9 Å². The highest BCUT2D eigenvalue weighted by molar-refractivity contribution is 5.99. The maximum Gasteiger partial charge on any atom is 0.410 e. The van der Waals surface area contributed by atoms with Crippen LogP contribution in [0.2, 0.25) is 0 Å². The standard InChI is InChI=1S/C25H36N6O2/c1-24(2,3)33-23(32)31-15-5-4-10-25(31)11-7-14-30(17-25)20-9-13-28-22-21(20)18(16-29-22)19(27)8-6-12-26/h6,8-9,12-13,16H,4-5,7,10-11,14-15,17,26-27H2,1-3H3,(H,28,29)/b12-6-,19-8-. The van der Waals surface area contributed by atoms with Gasteiger partial charge in [-0.15, -0.1) is 0 Å². The predicted octanol–water partition coefficient (Wildman–Crippen LogP) is 4.09. The van der Waals surface area contributed by atoms with Gasteiger partial charge in [-0.1, -0.05) is 0 Å². The number of piperidine rings is 2. The van der Waals surface area contributed by atoms with Gasteiger partial charge in [-0.25, -0.2) is 9.78 Å². The van der Waals surface area contributed by atoms with E-state index in [0.717, 1.165) is 74.0 Å². The summed E-state index contributed by atoms with van der Waals surface area (Å²) in [5.74, 6) is 0. The van der Waals surface area contributed by atoms with Crippen LogP contribution in [-0.4, -0.2) is 51.7 Å². The van der Waals surface area contributed by atoms with Gasteiger partial charge in [-0.3, -0.25) is 0 Å². The number of anilines is 1. The summed E-state index contributed by atoms with van der Waals surface area (Å²) in [5, 5.41) is 0.994. The second-order valence-electron chi connectivity index (χ2n) is 10.1. The number of ether oxygens (including phenoxy) is 1. The van der Waals surface area contributed by atoms with Crippen molar-refractivity contribution in [3.05, 3.63) is 42.4 Å². The number of likely N-dealkylation sites (tertiary alicyclic amines) is 1. The van der Waals surface area contributed by atoms with Crippen molar-refractivity contribution in [2.45, 2.75) is 64.0 Å². The van der Waals surface area contributed by atoms with E-state index in [1.165, 1.54) is 6.20 Å². The van der Waals surface area contributed by atoms with Crippen molar-refractivity contribution < 1.29 is 9.53 Å². The van der Waals surface area contributed by atoms with Gasteiger partial charge in [0.1, 0.15) is 11.2 Å². The van der Waals surface area contributed by atoms with Gasteiger partial charge < -0.3 is 31.0 Å². The number of pyridine rings is 1. The number of amides is 1. The molecule has 8 nitrogen and oxygen atoms in total. The molecule has 2 saturated heterocycles. The average molecular weight is 453 g/mol. The van der Waals surface area contributed by atoms with Gasteiger partial charge in [0.05, 0.1) is 16.6 Å². The summed E-state index contributed by atoms with van der Waals surface area (Å²) < 4.78 is 5.80. The van der Waals surface area contributed by atoms with Crippen LogP contribution in [0, 0.1) is 0 Å². The number of nitrogens with one attached hydrogen (secondary N) is 1. The quantitative estimate of drug-likeness (QED) is 0.605. The minimum absolute atomic E-state index is 0.202. The number of carbonyl (C=O) groups is 1. The fraction of sp³-hybridized carbons (Fsp3) is 0.520. The molecular weight excluding hydrogens is 416 g/mol. The van der Waals surface area contributed by atoms with Crippen molar-refractivity contribution in [1.29, 1.82) is 0 Å². The van der Waals surface area contributed by atoms with Crippen LogP contribution in [0.1, 0.15) is 58.4 Å². The molecule has 4 heterocycles. The lowest BCUT2D eigenvalue weighted by Gasteiger charge is -2.52. The normalized spacial score (nSPS) is 22.5. The third kappa shape index (κ3) is 4.65. The summed E-state index contributed by atoms with van der Waals surface area (Å²) in [5.41, 5.74) is 14.5. The van der Waals surface area contributed by atoms with E-state index in [4.69, 9.17) is 16.2 Å². The first-order chi connectivity index (χ1) is 15.7. The van der Waals surface area contributed by atoms with Crippen LogP contribution < -0.4 is 16.4 Å². The molecule has 178 valence electrons. The Bertz CT molecular complexity index is 1060. The van der Waals surface area contributed by atoms with Gasteiger partial charge in [-0.05, 0) is 77.3 Å². The van der Waals surface area contributed by atoms with E-state index in [0.29, 0.717) is 5.70 Å². The lowest BCUT2D eigenvalue weighted by molar-refractivity contribution is -0.0198. The highest BCUT2D eigenvalue weighted by atomic mass is 16.6. The van der Waals surface area contributed by atoms with Crippen molar-refractivity contribution in [2.75, 3.05) is 24.5 Å². The molecule has 1 atom stereocenters. The van der Waals surface area contributed by atoms with Crippen LogP contribution in [0.4, 0.5) is 10.5 Å². The van der Waals surface area contributed by atoms with Crippen molar-refractivity contribution in [3.8, 4) is 0 Å². The molecule has 2 aromatic heterocycles. The van der Waals surface area contributed by atoms with Crippen LogP contribution in [0.3, 0.4) is 0 Å². The number of carbonyl (C=O) groups excluding carboxylic acids is 1. The topological polar surface area (TPSA) is 114 Å². The Morgan fingerprint density at radius 3 is 2.79 bits per heavy atom. The Morgan fingerprint density at radius 1 is 1.24 bits per heavy atom. The zero-order valence-corrected chi connectivity index (χ0v) is 19.9. The Kier molecular flexibility index (Phi) is 6.28. The van der Waals surface area contributed by atoms with Crippen molar-refractivity contribution >= 4 is 28.5 Å². The number of allylic oxidation sites excluding steroid dienone is 2. The molecule has 2 aromatic rings. The highest BCUT2D eigenvalue weighted by Crippen LogP contribution is 2.40. The fourth-order valence-corrected chi connectivity index (χ4v) is 5.22. The van der Waals surface area contributed by atoms with E-state index in [1.54, 1.807) is 12.2 Å². The number of hydrogen-bond donors (Lipinski definition) is 3. The monoisotopic (exact) mass is 452 g/mol. The number of nitrogens with two attached hydrogens (primary N) is 2. The summed E-state index contributed by atoms with van der Waals surface area (Å²) in [6.45, 7) is 8.20. The number of nitrogens with zero attached hydrogens (tertiary/aromatic N) is 3. The molecule has 0 bridgehead atoms. The predicted molar refractivity (Wildman–Crippen MR) is 133 cm³/mol. The summed E-state index contributed by atoms with van der Waals surface area (Å²) in [4.78, 5) is 25.3. The Labute approximate surface area is 195 Å². The van der Waals surface area contributed by atoms with Gasteiger partial charge in [-0.2, -0.15) is 0 Å². The fourth-order valence-electron chi connectivity index (χ4n) is 5.22. The zero-order valence-electron chi connectivity index (χ0n) is 19.9. The first kappa shape index (κ1) is 23.0. The van der Waals surface area contributed by atoms with Crippen molar-refractivity contribution in [3.63, 3.8) is 0 Å². The third-order valence-corrected chi connectivity index (χ3v) is 6.61. The van der Waals surface area contributed by atoms with E-state index in [9.17, 15) is 4.79 Å². The molecule has 1 spiro atoms. The zero-order chi connectivity index (χ0) is 23.6. The summed E-state index contributed by atoms with van der Waals surface area (Å²) in [7, 11) is 0. The number of rotatable bonds is 3. The first-order valence-electron chi connectivity index (χ1n) is 11.8. The molecule has 8 heteroatoms. The van der Waals surface area contributed by atoms with Crippen LogP contribution in [0.5, 0.6) is 0 Å². The molecule has 2 aliphatic rings. The Balaban J connectivity index is 1.70. The van der Waals surface area contributed by atoms with Crippen molar-refractivity contribution in [2.24, 2.45) is 11.5 Å². The second-order valence-corrected chi connectivity index (χ2v) is 10.1. The van der Waals surface area contributed by atoms with E-state index in [-0.39, 0.29) is 11.6 Å². The number of H-pyrrole nitrogens is 1. The molecule has 0 aromatic carbocycles. The molecule has 4 rings (SSSR count). The molecular formula is C25H36N6O2. The SMILES string of the molecule is CC(C)(C)OC(=O)N1CCCCC12CCCN(c1ccnc3[nH]cc(/C(N)=C/C=C\N)c13)C2. The number of fused-ring (bicyclic) bond motifs is 1. The van der Waals surface area contributed by atoms with Crippen LogP contribution in [0.15, 0.2) is 36.8 Å². The number of aromatic amines is 1. The van der Waals surface area contributed by atoms with Crippen LogP contribution in [0.25, 0.3) is 16.7 Å². The largest absolute Gasteiger partial charge is 0.444 e. The molecule has 2 fully saturated rings. The van der Waals surface area contributed by atoms with Gasteiger partial charge in [0.15, 0.2) is 0 Å². The van der Waals surface area contributed by atoms with Gasteiger partial charge in [0, 0.05) is 43.3 Å². The highest BCUT2D eigenvalue weighted by Gasteiger charge is 2.46. The Morgan fingerprint density at radius 2 is 2.03 bits per heavy atom. The molecule has 0 aliphatic carbocycles. The second kappa shape index (κ2) is 9.00. The van der Waals surface area contributed by atoms with Gasteiger partial charge >= 0.3 is 6.09 Å². The van der Waals surface area contributed by atoms with E-state index >= 15 is 0 Å².